The lowest BCUT2D eigenvalue weighted by atomic mass is 9.69. The van der Waals surface area contributed by atoms with E-state index in [4.69, 9.17) is 9.47 Å². The number of carbonyl (C=O) groups excluding carboxylic acids is 1. The summed E-state index contributed by atoms with van der Waals surface area (Å²) in [5.74, 6) is -1.18. The van der Waals surface area contributed by atoms with E-state index in [-0.39, 0.29) is 18.4 Å². The molecule has 1 aliphatic carbocycles. The van der Waals surface area contributed by atoms with Crippen molar-refractivity contribution in [3.63, 3.8) is 0 Å². The highest BCUT2D eigenvalue weighted by atomic mass is 19.4. The molecule has 0 aromatic heterocycles. The summed E-state index contributed by atoms with van der Waals surface area (Å²) in [6, 6.07) is 0. The third-order valence-corrected chi connectivity index (χ3v) is 4.68. The highest BCUT2D eigenvalue weighted by molar-refractivity contribution is 5.87. The molecule has 152 valence electrons. The quantitative estimate of drug-likeness (QED) is 0.423. The average Bonchev–Trinajstić information content (AvgIpc) is 2.40. The minimum Gasteiger partial charge on any atom is -0.459 e. The molecule has 1 unspecified atom stereocenters. The summed E-state index contributed by atoms with van der Waals surface area (Å²) in [6.45, 7) is 8.43. The normalized spacial score (nSPS) is 25.6. The van der Waals surface area contributed by atoms with Gasteiger partial charge in [0.25, 0.3) is 5.60 Å². The van der Waals surface area contributed by atoms with Crippen molar-refractivity contribution >= 4 is 5.97 Å². The lowest BCUT2D eigenvalue weighted by molar-refractivity contribution is -0.404. The number of aliphatic hydroxyl groups is 1. The predicted octanol–water partition coefficient (Wildman–Crippen LogP) is 3.92. The van der Waals surface area contributed by atoms with Gasteiger partial charge in [0, 0.05) is 18.4 Å². The first kappa shape index (κ1) is 22.8. The predicted molar refractivity (Wildman–Crippen MR) is 79.1 cm³/mol. The Kier molecular flexibility index (Phi) is 6.15. The van der Waals surface area contributed by atoms with Crippen LogP contribution >= 0.6 is 0 Å². The maximum absolute atomic E-state index is 13.0. The fraction of sp³-hybridized carbons (Fsp3) is 0.812. The summed E-state index contributed by atoms with van der Waals surface area (Å²) in [4.78, 5) is 11.5. The van der Waals surface area contributed by atoms with Gasteiger partial charge in [-0.25, -0.2) is 4.79 Å². The molecule has 0 bridgehead atoms. The second-order valence-electron chi connectivity index (χ2n) is 6.96. The molecule has 1 rings (SSSR count). The van der Waals surface area contributed by atoms with Gasteiger partial charge in [-0.05, 0) is 19.8 Å². The molecular formula is C16H22F6O4. The number of rotatable bonds is 6. The first-order chi connectivity index (χ1) is 11.5. The summed E-state index contributed by atoms with van der Waals surface area (Å²) in [7, 11) is 0. The third kappa shape index (κ3) is 4.00. The van der Waals surface area contributed by atoms with E-state index in [0.717, 1.165) is 0 Å². The van der Waals surface area contributed by atoms with Crippen LogP contribution in [0.4, 0.5) is 26.3 Å². The first-order valence-corrected chi connectivity index (χ1v) is 7.88. The fourth-order valence-corrected chi connectivity index (χ4v) is 2.81. The molecule has 0 radical (unpaired) electrons. The zero-order chi connectivity index (χ0) is 20.7. The molecule has 26 heavy (non-hydrogen) atoms. The van der Waals surface area contributed by atoms with Crippen LogP contribution < -0.4 is 0 Å². The largest absolute Gasteiger partial charge is 0.459 e. The Labute approximate surface area is 147 Å². The van der Waals surface area contributed by atoms with E-state index in [1.54, 1.807) is 13.8 Å². The minimum atomic E-state index is -5.97. The van der Waals surface area contributed by atoms with Gasteiger partial charge in [-0.15, -0.1) is 0 Å². The molecule has 0 saturated heterocycles. The van der Waals surface area contributed by atoms with E-state index >= 15 is 0 Å². The van der Waals surface area contributed by atoms with Gasteiger partial charge in [-0.1, -0.05) is 20.4 Å². The lowest BCUT2D eigenvalue weighted by Crippen LogP contribution is -2.67. The minimum absolute atomic E-state index is 0.0835. The fourth-order valence-electron chi connectivity index (χ4n) is 2.81. The molecule has 0 amide bonds. The Morgan fingerprint density at radius 1 is 1.12 bits per heavy atom. The second-order valence-corrected chi connectivity index (χ2v) is 6.96. The molecule has 10 heteroatoms. The van der Waals surface area contributed by atoms with E-state index in [1.807, 2.05) is 0 Å². The van der Waals surface area contributed by atoms with Crippen LogP contribution in [0.2, 0.25) is 0 Å². The first-order valence-electron chi connectivity index (χ1n) is 7.88. The molecule has 4 nitrogen and oxygen atoms in total. The molecule has 0 spiro atoms. The SMILES string of the molecule is C=C(C)C(=O)OC1CC(OC(C)C(O)(C(F)(F)F)C(F)(F)F)(C(C)C)C1. The van der Waals surface area contributed by atoms with Crippen molar-refractivity contribution in [2.75, 3.05) is 0 Å². The number of hydrogen-bond acceptors (Lipinski definition) is 4. The summed E-state index contributed by atoms with van der Waals surface area (Å²) < 4.78 is 87.9. The second kappa shape index (κ2) is 7.03. The summed E-state index contributed by atoms with van der Waals surface area (Å²) >= 11 is 0. The van der Waals surface area contributed by atoms with Crippen LogP contribution in [-0.4, -0.2) is 46.8 Å². The van der Waals surface area contributed by atoms with Gasteiger partial charge in [0.1, 0.15) is 12.2 Å². The van der Waals surface area contributed by atoms with Crippen molar-refractivity contribution in [1.82, 2.24) is 0 Å². The number of alkyl halides is 6. The average molecular weight is 392 g/mol. The number of ether oxygens (including phenoxy) is 2. The molecule has 1 aliphatic rings. The van der Waals surface area contributed by atoms with E-state index in [9.17, 15) is 36.2 Å². The topological polar surface area (TPSA) is 55.8 Å². The highest BCUT2D eigenvalue weighted by Gasteiger charge is 2.74. The van der Waals surface area contributed by atoms with Crippen molar-refractivity contribution in [1.29, 1.82) is 0 Å². The van der Waals surface area contributed by atoms with E-state index in [1.165, 1.54) is 6.92 Å². The van der Waals surface area contributed by atoms with Crippen LogP contribution in [0.5, 0.6) is 0 Å². The van der Waals surface area contributed by atoms with Crippen molar-refractivity contribution in [3.8, 4) is 0 Å². The zero-order valence-corrected chi connectivity index (χ0v) is 14.8. The van der Waals surface area contributed by atoms with Gasteiger partial charge in [-0.3, -0.25) is 0 Å². The van der Waals surface area contributed by atoms with Crippen molar-refractivity contribution in [2.45, 2.75) is 76.3 Å². The van der Waals surface area contributed by atoms with Crippen molar-refractivity contribution < 1.29 is 45.7 Å². The van der Waals surface area contributed by atoms with Gasteiger partial charge in [0.05, 0.1) is 5.60 Å². The maximum Gasteiger partial charge on any atom is 0.428 e. The summed E-state index contributed by atoms with van der Waals surface area (Å²) in [5.41, 5.74) is -6.28. The van der Waals surface area contributed by atoms with Gasteiger partial charge >= 0.3 is 18.3 Å². The van der Waals surface area contributed by atoms with Gasteiger partial charge in [-0.2, -0.15) is 26.3 Å². The molecule has 1 fully saturated rings. The van der Waals surface area contributed by atoms with Crippen molar-refractivity contribution in [2.24, 2.45) is 5.92 Å². The Morgan fingerprint density at radius 2 is 1.54 bits per heavy atom. The van der Waals surface area contributed by atoms with Crippen molar-refractivity contribution in [3.05, 3.63) is 12.2 Å². The molecule has 0 aromatic carbocycles. The van der Waals surface area contributed by atoms with Gasteiger partial charge < -0.3 is 14.6 Å². The summed E-state index contributed by atoms with van der Waals surface area (Å²) in [5, 5.41) is 9.43. The van der Waals surface area contributed by atoms with E-state index < -0.39 is 47.6 Å². The molecule has 0 aliphatic heterocycles. The standard InChI is InChI=1S/C16H22F6O4/c1-8(2)12(23)25-11-6-13(7-11,9(3)4)26-10(5)14(24,15(17,18)19)16(20,21)22/h9-11,24H,1,6-7H2,2-5H3. The van der Waals surface area contributed by atoms with Crippen LogP contribution in [0.25, 0.3) is 0 Å². The zero-order valence-electron chi connectivity index (χ0n) is 14.8. The maximum atomic E-state index is 13.0. The Bertz CT molecular complexity index is 532. The number of hydrogen-bond donors (Lipinski definition) is 1. The number of esters is 1. The molecule has 1 atom stereocenters. The van der Waals surface area contributed by atoms with Gasteiger partial charge in [0.2, 0.25) is 0 Å². The smallest absolute Gasteiger partial charge is 0.428 e. The molecule has 1 saturated carbocycles. The number of carbonyl (C=O) groups is 1. The third-order valence-electron chi connectivity index (χ3n) is 4.68. The van der Waals surface area contributed by atoms with Crippen LogP contribution in [0, 0.1) is 5.92 Å². The molecular weight excluding hydrogens is 370 g/mol. The van der Waals surface area contributed by atoms with E-state index in [2.05, 4.69) is 6.58 Å². The number of halogens is 6. The monoisotopic (exact) mass is 392 g/mol. The van der Waals surface area contributed by atoms with E-state index in [0.29, 0.717) is 6.92 Å². The Balaban J connectivity index is 2.99. The van der Waals surface area contributed by atoms with Crippen LogP contribution in [0.15, 0.2) is 12.2 Å². The molecule has 0 aromatic rings. The Morgan fingerprint density at radius 3 is 1.85 bits per heavy atom. The highest BCUT2D eigenvalue weighted by Crippen LogP contribution is 2.50. The Hall–Kier alpha value is -1.29. The van der Waals surface area contributed by atoms with Gasteiger partial charge in [0.15, 0.2) is 0 Å². The van der Waals surface area contributed by atoms with Crippen LogP contribution in [0.3, 0.4) is 0 Å². The lowest BCUT2D eigenvalue weighted by Gasteiger charge is -2.52. The molecule has 0 heterocycles. The van der Waals surface area contributed by atoms with Crippen LogP contribution in [-0.2, 0) is 14.3 Å². The molecule has 1 N–H and O–H groups in total. The summed E-state index contributed by atoms with van der Waals surface area (Å²) in [6.07, 6.45) is -15.4. The van der Waals surface area contributed by atoms with Crippen LogP contribution in [0.1, 0.15) is 40.5 Å².